The quantitative estimate of drug-likeness (QED) is 0.329. The molecule has 0 heterocycles. The first-order valence-corrected chi connectivity index (χ1v) is 14.3. The molecule has 0 amide bonds. The van der Waals surface area contributed by atoms with Crippen LogP contribution in [0, 0.1) is 19.3 Å². The van der Waals surface area contributed by atoms with Crippen LogP contribution in [-0.2, 0) is 27.3 Å². The average molecular weight is 541 g/mol. The van der Waals surface area contributed by atoms with E-state index in [2.05, 4.69) is 96.9 Å². The summed E-state index contributed by atoms with van der Waals surface area (Å²) in [5, 5.41) is 46.2. The van der Waals surface area contributed by atoms with Crippen molar-refractivity contribution in [2.75, 3.05) is 19.8 Å². The number of hydrogen-bond donors (Lipinski definition) is 4. The molecule has 0 fully saturated rings. The summed E-state index contributed by atoms with van der Waals surface area (Å²) in [6.45, 7) is 28.3. The molecule has 2 aromatic rings. The monoisotopic (exact) mass is 540 g/mol. The van der Waals surface area contributed by atoms with E-state index in [1.165, 1.54) is 0 Å². The van der Waals surface area contributed by atoms with Crippen molar-refractivity contribution in [2.24, 2.45) is 5.41 Å². The second-order valence-corrected chi connectivity index (χ2v) is 15.8. The maximum Gasteiger partial charge on any atom is 0.127 e. The van der Waals surface area contributed by atoms with Crippen LogP contribution in [0.4, 0.5) is 0 Å². The summed E-state index contributed by atoms with van der Waals surface area (Å²) in [7, 11) is 0. The third-order valence-electron chi connectivity index (χ3n) is 8.28. The van der Waals surface area contributed by atoms with Crippen LogP contribution in [0.25, 0.3) is 0 Å². The van der Waals surface area contributed by atoms with E-state index in [0.29, 0.717) is 11.1 Å². The first kappa shape index (κ1) is 33.5. The van der Waals surface area contributed by atoms with Gasteiger partial charge in [-0.3, -0.25) is 0 Å². The largest absolute Gasteiger partial charge is 0.395 e. The molecule has 4 N–H and O–H groups in total. The maximum absolute atomic E-state index is 13.4. The number of benzene rings is 2. The Morgan fingerprint density at radius 2 is 0.718 bits per heavy atom. The van der Waals surface area contributed by atoms with Gasteiger partial charge in [0.1, 0.15) is 5.60 Å². The molecular formula is C35H56O4. The second kappa shape index (κ2) is 10.6. The lowest BCUT2D eigenvalue weighted by molar-refractivity contribution is -0.137. The zero-order valence-electron chi connectivity index (χ0n) is 27.2. The fourth-order valence-electron chi connectivity index (χ4n) is 6.72. The number of aliphatic hydroxyl groups excluding tert-OH is 3. The molecule has 4 nitrogen and oxygen atoms in total. The van der Waals surface area contributed by atoms with E-state index in [0.717, 1.165) is 33.4 Å². The van der Waals surface area contributed by atoms with Crippen molar-refractivity contribution in [1.82, 2.24) is 0 Å². The lowest BCUT2D eigenvalue weighted by Crippen LogP contribution is -2.56. The Morgan fingerprint density at radius 3 is 0.923 bits per heavy atom. The van der Waals surface area contributed by atoms with Gasteiger partial charge in [0.25, 0.3) is 0 Å². The van der Waals surface area contributed by atoms with Gasteiger partial charge in [0.05, 0.1) is 25.2 Å². The molecule has 0 bridgehead atoms. The van der Waals surface area contributed by atoms with E-state index in [1.807, 2.05) is 24.3 Å². The molecule has 0 spiro atoms. The van der Waals surface area contributed by atoms with E-state index >= 15 is 0 Å². The molecule has 0 aliphatic carbocycles. The van der Waals surface area contributed by atoms with Gasteiger partial charge in [0.2, 0.25) is 0 Å². The molecule has 2 rings (SSSR count). The van der Waals surface area contributed by atoms with Gasteiger partial charge >= 0.3 is 0 Å². The van der Waals surface area contributed by atoms with Crippen LogP contribution in [0.1, 0.15) is 128 Å². The summed E-state index contributed by atoms with van der Waals surface area (Å²) < 4.78 is 0. The summed E-state index contributed by atoms with van der Waals surface area (Å²) in [6, 6.07) is 7.96. The van der Waals surface area contributed by atoms with Crippen LogP contribution in [0.5, 0.6) is 0 Å². The first-order chi connectivity index (χ1) is 17.5. The van der Waals surface area contributed by atoms with Crippen molar-refractivity contribution in [2.45, 2.75) is 124 Å². The SMILES string of the molecule is Cc1ccc(C(O)(c2ccc(C)c(C(C)(C)C)c2C(C)(C)C)C(CO)(CO)CO)c(C(C)(C)C)c1C(C)(C)C. The molecule has 0 unspecified atom stereocenters. The normalized spacial score (nSPS) is 14.2. The summed E-state index contributed by atoms with van der Waals surface area (Å²) >= 11 is 0. The highest BCUT2D eigenvalue weighted by Gasteiger charge is 2.56. The predicted molar refractivity (Wildman–Crippen MR) is 164 cm³/mol. The topological polar surface area (TPSA) is 80.9 Å². The Hall–Kier alpha value is -1.72. The van der Waals surface area contributed by atoms with Crippen molar-refractivity contribution in [3.05, 3.63) is 68.8 Å². The molecule has 0 saturated carbocycles. The van der Waals surface area contributed by atoms with Crippen LogP contribution in [-0.4, -0.2) is 40.2 Å². The minimum absolute atomic E-state index is 0.235. The van der Waals surface area contributed by atoms with E-state index in [4.69, 9.17) is 0 Å². The fraction of sp³-hybridized carbons (Fsp3) is 0.657. The molecule has 39 heavy (non-hydrogen) atoms. The van der Waals surface area contributed by atoms with Gasteiger partial charge in [0, 0.05) is 0 Å². The Morgan fingerprint density at radius 1 is 0.462 bits per heavy atom. The van der Waals surface area contributed by atoms with Crippen molar-refractivity contribution in [3.8, 4) is 0 Å². The lowest BCUT2D eigenvalue weighted by Gasteiger charge is -2.50. The number of aliphatic hydroxyl groups is 4. The third kappa shape index (κ3) is 5.73. The third-order valence-corrected chi connectivity index (χ3v) is 8.28. The maximum atomic E-state index is 13.4. The van der Waals surface area contributed by atoms with Gasteiger partial charge < -0.3 is 20.4 Å². The molecule has 0 radical (unpaired) electrons. The lowest BCUT2D eigenvalue weighted by atomic mass is 9.58. The Bertz CT molecular complexity index is 1080. The van der Waals surface area contributed by atoms with Gasteiger partial charge in [-0.05, 0) is 80.0 Å². The zero-order valence-corrected chi connectivity index (χ0v) is 27.2. The van der Waals surface area contributed by atoms with Crippen LogP contribution >= 0.6 is 0 Å². The molecule has 0 atom stereocenters. The molecule has 2 aromatic carbocycles. The Balaban J connectivity index is 3.45. The molecule has 0 aromatic heterocycles. The van der Waals surface area contributed by atoms with Crippen LogP contribution < -0.4 is 0 Å². The van der Waals surface area contributed by atoms with Crippen LogP contribution in [0.3, 0.4) is 0 Å². The van der Waals surface area contributed by atoms with Crippen molar-refractivity contribution < 1.29 is 20.4 Å². The molecule has 0 aliphatic rings. The second-order valence-electron chi connectivity index (χ2n) is 15.8. The molecule has 220 valence electrons. The van der Waals surface area contributed by atoms with Crippen LogP contribution in [0.15, 0.2) is 24.3 Å². The average Bonchev–Trinajstić information content (AvgIpc) is 2.77. The summed E-state index contributed by atoms with van der Waals surface area (Å²) in [6.07, 6.45) is 0. The van der Waals surface area contributed by atoms with E-state index in [9.17, 15) is 20.4 Å². The summed E-state index contributed by atoms with van der Waals surface area (Å²) in [5.74, 6) is 0. The van der Waals surface area contributed by atoms with Crippen molar-refractivity contribution in [3.63, 3.8) is 0 Å². The first-order valence-electron chi connectivity index (χ1n) is 14.3. The minimum atomic E-state index is -1.90. The van der Waals surface area contributed by atoms with Gasteiger partial charge in [-0.2, -0.15) is 0 Å². The minimum Gasteiger partial charge on any atom is -0.395 e. The highest BCUT2D eigenvalue weighted by atomic mass is 16.3. The number of hydrogen-bond acceptors (Lipinski definition) is 4. The molecule has 4 heteroatoms. The molecule has 0 saturated heterocycles. The Kier molecular flexibility index (Phi) is 9.10. The molecular weight excluding hydrogens is 484 g/mol. The predicted octanol–water partition coefficient (Wildman–Crippen LogP) is 6.69. The van der Waals surface area contributed by atoms with Gasteiger partial charge in [-0.25, -0.2) is 0 Å². The van der Waals surface area contributed by atoms with Gasteiger partial charge in [0.15, 0.2) is 0 Å². The highest BCUT2D eigenvalue weighted by Crippen LogP contribution is 2.54. The highest BCUT2D eigenvalue weighted by molar-refractivity contribution is 5.59. The summed E-state index contributed by atoms with van der Waals surface area (Å²) in [4.78, 5) is 0. The fourth-order valence-corrected chi connectivity index (χ4v) is 6.72. The standard InChI is InChI=1S/C35H56O4/c1-22-15-17-24(28(32(9,10)11)26(22)30(3,4)5)35(39,34(19-36,20-37)21-38)25-18-16-23(2)27(31(6,7)8)29(25)33(12,13)14/h15-18,36-39H,19-21H2,1-14H3. The van der Waals surface area contributed by atoms with E-state index in [-0.39, 0.29) is 21.7 Å². The zero-order chi connectivity index (χ0) is 30.6. The van der Waals surface area contributed by atoms with E-state index in [1.54, 1.807) is 0 Å². The number of aryl methyl sites for hydroxylation is 2. The van der Waals surface area contributed by atoms with Gasteiger partial charge in [-0.15, -0.1) is 0 Å². The Labute approximate surface area is 238 Å². The van der Waals surface area contributed by atoms with Gasteiger partial charge in [-0.1, -0.05) is 107 Å². The van der Waals surface area contributed by atoms with Crippen LogP contribution in [0.2, 0.25) is 0 Å². The van der Waals surface area contributed by atoms with E-state index < -0.39 is 30.8 Å². The smallest absolute Gasteiger partial charge is 0.127 e. The summed E-state index contributed by atoms with van der Waals surface area (Å²) in [5.41, 5.74) is 2.92. The van der Waals surface area contributed by atoms with Crippen molar-refractivity contribution in [1.29, 1.82) is 0 Å². The van der Waals surface area contributed by atoms with Crippen molar-refractivity contribution >= 4 is 0 Å². The molecule has 0 aliphatic heterocycles. The number of rotatable bonds is 6.